The molecule has 0 saturated carbocycles. The van der Waals surface area contributed by atoms with Crippen molar-refractivity contribution >= 4 is 53.2 Å². The summed E-state index contributed by atoms with van der Waals surface area (Å²) in [5, 5.41) is 0. The van der Waals surface area contributed by atoms with E-state index in [0.29, 0.717) is 51.4 Å². The third kappa shape index (κ3) is 31.8. The molecule has 0 saturated heterocycles. The summed E-state index contributed by atoms with van der Waals surface area (Å²) in [6.45, 7) is 3.71. The topological polar surface area (TPSA) is 209 Å². The van der Waals surface area contributed by atoms with Gasteiger partial charge in [-0.15, -0.1) is 0 Å². The Morgan fingerprint density at radius 2 is 0.625 bits per heavy atom. The molecule has 0 amide bonds. The molecule has 0 unspecified atom stereocenters. The van der Waals surface area contributed by atoms with Crippen molar-refractivity contribution in [3.8, 4) is 0 Å². The number of unbranched alkanes of at least 4 members (excludes halogenated alkanes) is 2. The van der Waals surface area contributed by atoms with Crippen molar-refractivity contribution < 1.29 is 71.6 Å². The van der Waals surface area contributed by atoms with Crippen molar-refractivity contribution in [3.05, 3.63) is 0 Å². The van der Waals surface area contributed by atoms with E-state index in [4.69, 9.17) is 0 Å². The van der Waals surface area contributed by atoms with Gasteiger partial charge in [0.2, 0.25) is 0 Å². The Morgan fingerprint density at radius 3 is 0.917 bits per heavy atom. The molecule has 0 spiro atoms. The van der Waals surface area contributed by atoms with Gasteiger partial charge in [-0.1, -0.05) is 0 Å². The van der Waals surface area contributed by atoms with Gasteiger partial charge < -0.3 is 28.4 Å². The fraction of sp³-hybridized carbons (Fsp3) is 0.727. The lowest BCUT2D eigenvalue weighted by Crippen LogP contribution is -2.12. The number of esters is 2. The Morgan fingerprint density at radius 1 is 0.354 bits per heavy atom. The molecule has 0 aromatic rings. The van der Waals surface area contributed by atoms with Crippen molar-refractivity contribution in [1.82, 2.24) is 0 Å². The molecule has 0 heterocycles. The maximum atomic E-state index is 11.7. The van der Waals surface area contributed by atoms with E-state index in [-0.39, 0.29) is 107 Å². The Bertz CT molecular complexity index is 1020. The van der Waals surface area contributed by atoms with Crippen LogP contribution in [0.15, 0.2) is 0 Å². The Kier molecular flexibility index (Phi) is 30.1. The normalized spacial score (nSPS) is 10.0. The molecule has 0 atom stereocenters. The van der Waals surface area contributed by atoms with Crippen LogP contribution >= 0.6 is 0 Å². The molecule has 0 N–H and O–H groups in total. The predicted octanol–water partition coefficient (Wildman–Crippen LogP) is 4.75. The zero-order valence-electron chi connectivity index (χ0n) is 28.8. The fourth-order valence-corrected chi connectivity index (χ4v) is 3.70. The number of Topliss-reactive ketones (excluding diaryl/α,β-unsaturated/α-hetero) is 5. The largest absolute Gasteiger partial charge is 0.508 e. The molecule has 48 heavy (non-hydrogen) atoms. The van der Waals surface area contributed by atoms with Crippen LogP contribution < -0.4 is 0 Å². The van der Waals surface area contributed by atoms with Gasteiger partial charge in [0.15, 0.2) is 0 Å². The fourth-order valence-electron chi connectivity index (χ4n) is 3.70. The van der Waals surface area contributed by atoms with Crippen molar-refractivity contribution in [1.29, 1.82) is 0 Å². The summed E-state index contributed by atoms with van der Waals surface area (Å²) in [5.74, 6) is -1.06. The SMILES string of the molecule is CCOC(=O)OCCC(=O)CCC(=O)CCCCC(=O)CCC(=O)OC.CCOC(=O)OCCC(=O)CCCCC(=O)CCC(=O)OC. The number of ether oxygens (including phenoxy) is 6. The van der Waals surface area contributed by atoms with Crippen LogP contribution in [-0.2, 0) is 62.0 Å². The zero-order chi connectivity index (χ0) is 36.6. The van der Waals surface area contributed by atoms with Crippen LogP contribution in [0.1, 0.15) is 117 Å². The van der Waals surface area contributed by atoms with E-state index < -0.39 is 24.2 Å². The van der Waals surface area contributed by atoms with E-state index in [2.05, 4.69) is 28.4 Å². The molecule has 0 aliphatic carbocycles. The van der Waals surface area contributed by atoms with E-state index in [1.165, 1.54) is 14.2 Å². The van der Waals surface area contributed by atoms with Crippen molar-refractivity contribution in [2.75, 3.05) is 40.6 Å². The summed E-state index contributed by atoms with van der Waals surface area (Å²) in [7, 11) is 2.56. The number of carbonyl (C=O) groups is 9. The lowest BCUT2D eigenvalue weighted by Gasteiger charge is -2.04. The third-order valence-corrected chi connectivity index (χ3v) is 6.40. The predicted molar refractivity (Wildman–Crippen MR) is 169 cm³/mol. The summed E-state index contributed by atoms with van der Waals surface area (Å²) < 4.78 is 27.4. The Balaban J connectivity index is 0. The number of hydrogen-bond acceptors (Lipinski definition) is 15. The number of rotatable bonds is 27. The lowest BCUT2D eigenvalue weighted by molar-refractivity contribution is -0.142. The molecule has 0 aliphatic heterocycles. The van der Waals surface area contributed by atoms with Crippen LogP contribution in [0.5, 0.6) is 0 Å². The third-order valence-electron chi connectivity index (χ3n) is 6.40. The van der Waals surface area contributed by atoms with Gasteiger partial charge in [-0.05, 0) is 39.5 Å². The molecular formula is C33H52O15. The molecule has 0 radical (unpaired) electrons. The standard InChI is InChI=1S/C18H28O8.C15H24O7/c1-3-25-18(23)26-13-12-16(21)9-8-14(19)6-4-5-7-15(20)10-11-17(22)24-2;1-3-21-15(19)22-11-10-13(17)7-5-4-6-12(16)8-9-14(18)20-2/h3-13H2,1-2H3;3-11H2,1-2H3. The van der Waals surface area contributed by atoms with Gasteiger partial charge in [0.05, 0.1) is 40.3 Å². The summed E-state index contributed by atoms with van der Waals surface area (Å²) in [4.78, 5) is 101. The van der Waals surface area contributed by atoms with Crippen LogP contribution in [0.2, 0.25) is 0 Å². The minimum Gasteiger partial charge on any atom is -0.469 e. The number of carbonyl (C=O) groups excluding carboxylic acids is 9. The first-order valence-electron chi connectivity index (χ1n) is 16.2. The summed E-state index contributed by atoms with van der Waals surface area (Å²) >= 11 is 0. The van der Waals surface area contributed by atoms with Crippen molar-refractivity contribution in [2.45, 2.75) is 117 Å². The number of ketones is 5. The molecule has 15 nitrogen and oxygen atoms in total. The van der Waals surface area contributed by atoms with Crippen LogP contribution in [0.25, 0.3) is 0 Å². The maximum Gasteiger partial charge on any atom is 0.508 e. The van der Waals surface area contributed by atoms with E-state index in [1.54, 1.807) is 13.8 Å². The lowest BCUT2D eigenvalue weighted by atomic mass is 10.0. The highest BCUT2D eigenvalue weighted by atomic mass is 16.7. The van der Waals surface area contributed by atoms with E-state index in [9.17, 15) is 43.2 Å². The van der Waals surface area contributed by atoms with Gasteiger partial charge in [0.1, 0.15) is 42.1 Å². The molecule has 0 rings (SSSR count). The van der Waals surface area contributed by atoms with Crippen molar-refractivity contribution in [2.24, 2.45) is 0 Å². The quantitative estimate of drug-likeness (QED) is 0.0647. The van der Waals surface area contributed by atoms with Crippen LogP contribution in [0.4, 0.5) is 9.59 Å². The van der Waals surface area contributed by atoms with E-state index >= 15 is 0 Å². The molecule has 0 bridgehead atoms. The van der Waals surface area contributed by atoms with Gasteiger partial charge in [-0.3, -0.25) is 33.6 Å². The zero-order valence-corrected chi connectivity index (χ0v) is 28.8. The van der Waals surface area contributed by atoms with Gasteiger partial charge in [-0.2, -0.15) is 0 Å². The summed E-state index contributed by atoms with van der Waals surface area (Å²) in [5.41, 5.74) is 0. The molecule has 0 aromatic heterocycles. The van der Waals surface area contributed by atoms with Crippen LogP contribution in [0.3, 0.4) is 0 Å². The highest BCUT2D eigenvalue weighted by molar-refractivity contribution is 5.86. The maximum absolute atomic E-state index is 11.7. The molecule has 15 heteroatoms. The Hall–Kier alpha value is -4.17. The molecule has 0 aromatic carbocycles. The summed E-state index contributed by atoms with van der Waals surface area (Å²) in [6.07, 6.45) is 3.08. The van der Waals surface area contributed by atoms with Gasteiger partial charge in [-0.25, -0.2) is 9.59 Å². The van der Waals surface area contributed by atoms with Gasteiger partial charge >= 0.3 is 24.2 Å². The minimum atomic E-state index is -0.808. The number of methoxy groups -OCH3 is 2. The van der Waals surface area contributed by atoms with Gasteiger partial charge in [0, 0.05) is 64.2 Å². The van der Waals surface area contributed by atoms with Gasteiger partial charge in [0.25, 0.3) is 0 Å². The molecule has 0 aliphatic rings. The van der Waals surface area contributed by atoms with E-state index in [1.807, 2.05) is 0 Å². The smallest absolute Gasteiger partial charge is 0.469 e. The van der Waals surface area contributed by atoms with Crippen LogP contribution in [-0.4, -0.2) is 93.8 Å². The monoisotopic (exact) mass is 688 g/mol. The number of hydrogen-bond donors (Lipinski definition) is 0. The first-order chi connectivity index (χ1) is 22.9. The second-order valence-corrected chi connectivity index (χ2v) is 10.3. The van der Waals surface area contributed by atoms with Crippen LogP contribution in [0, 0.1) is 0 Å². The highest BCUT2D eigenvalue weighted by Gasteiger charge is 2.12. The average Bonchev–Trinajstić information content (AvgIpc) is 3.05. The molecule has 274 valence electrons. The highest BCUT2D eigenvalue weighted by Crippen LogP contribution is 2.09. The minimum absolute atomic E-state index is 0.00965. The first kappa shape index (κ1) is 46.0. The first-order valence-corrected chi connectivity index (χ1v) is 16.2. The summed E-state index contributed by atoms with van der Waals surface area (Å²) in [6, 6.07) is 0. The second kappa shape index (κ2) is 31.4. The second-order valence-electron chi connectivity index (χ2n) is 10.3. The van der Waals surface area contributed by atoms with E-state index in [0.717, 1.165) is 0 Å². The molecular weight excluding hydrogens is 636 g/mol. The molecule has 0 fully saturated rings. The van der Waals surface area contributed by atoms with Crippen molar-refractivity contribution in [3.63, 3.8) is 0 Å². The Labute approximate surface area is 282 Å². The average molecular weight is 689 g/mol.